The monoisotopic (exact) mass is 393 g/mol. The van der Waals surface area contributed by atoms with Gasteiger partial charge in [-0.1, -0.05) is 50.2 Å². The molecule has 0 radical (unpaired) electrons. The van der Waals surface area contributed by atoms with Crippen LogP contribution in [-0.2, 0) is 15.1 Å². The third-order valence-electron chi connectivity index (χ3n) is 5.40. The molecule has 2 N–H and O–H groups in total. The van der Waals surface area contributed by atoms with E-state index in [0.29, 0.717) is 17.2 Å². The molecule has 0 aliphatic carbocycles. The zero-order chi connectivity index (χ0) is 21.3. The molecule has 6 heteroatoms. The van der Waals surface area contributed by atoms with Crippen LogP contribution in [0.4, 0.5) is 10.5 Å². The van der Waals surface area contributed by atoms with Gasteiger partial charge in [0.25, 0.3) is 5.91 Å². The highest BCUT2D eigenvalue weighted by atomic mass is 16.2. The number of aryl methyl sites for hydroxylation is 2. The summed E-state index contributed by atoms with van der Waals surface area (Å²) in [5.41, 5.74) is 3.26. The summed E-state index contributed by atoms with van der Waals surface area (Å²) in [6.45, 7) is 9.34. The van der Waals surface area contributed by atoms with Gasteiger partial charge in [0.1, 0.15) is 12.1 Å². The molecule has 3 rings (SSSR count). The van der Waals surface area contributed by atoms with Crippen LogP contribution in [0.15, 0.2) is 42.5 Å². The normalized spacial score (nSPS) is 18.9. The number of nitrogens with one attached hydrogen (secondary N) is 2. The largest absolute Gasteiger partial charge is 0.325 e. The van der Waals surface area contributed by atoms with Gasteiger partial charge in [0.15, 0.2) is 0 Å². The van der Waals surface area contributed by atoms with Crippen LogP contribution in [0.3, 0.4) is 0 Å². The topological polar surface area (TPSA) is 78.5 Å². The van der Waals surface area contributed by atoms with Gasteiger partial charge in [-0.15, -0.1) is 0 Å². The van der Waals surface area contributed by atoms with E-state index in [0.717, 1.165) is 21.6 Å². The van der Waals surface area contributed by atoms with Gasteiger partial charge in [-0.05, 0) is 55.0 Å². The van der Waals surface area contributed by atoms with Crippen molar-refractivity contribution in [1.82, 2.24) is 10.2 Å². The lowest BCUT2D eigenvalue weighted by Gasteiger charge is -2.23. The molecule has 29 heavy (non-hydrogen) atoms. The van der Waals surface area contributed by atoms with Crippen LogP contribution in [0, 0.1) is 13.8 Å². The number of hydrogen-bond acceptors (Lipinski definition) is 3. The Balaban J connectivity index is 1.76. The van der Waals surface area contributed by atoms with Gasteiger partial charge >= 0.3 is 6.03 Å². The molecule has 0 unspecified atom stereocenters. The van der Waals surface area contributed by atoms with Crippen molar-refractivity contribution < 1.29 is 14.4 Å². The van der Waals surface area contributed by atoms with E-state index >= 15 is 0 Å². The highest BCUT2D eigenvalue weighted by Crippen LogP contribution is 2.30. The number of urea groups is 1. The first-order valence-corrected chi connectivity index (χ1v) is 9.73. The summed E-state index contributed by atoms with van der Waals surface area (Å²) in [5, 5.41) is 5.54. The van der Waals surface area contributed by atoms with Crippen molar-refractivity contribution in [2.24, 2.45) is 0 Å². The van der Waals surface area contributed by atoms with Crippen LogP contribution < -0.4 is 10.6 Å². The quantitative estimate of drug-likeness (QED) is 0.758. The smallest absolute Gasteiger partial charge is 0.324 e. The summed E-state index contributed by atoms with van der Waals surface area (Å²) in [6, 6.07) is 12.8. The van der Waals surface area contributed by atoms with E-state index in [9.17, 15) is 14.4 Å². The second-order valence-electron chi connectivity index (χ2n) is 8.09. The minimum Gasteiger partial charge on any atom is -0.324 e. The zero-order valence-corrected chi connectivity index (χ0v) is 17.5. The fraction of sp³-hybridized carbons (Fsp3) is 0.348. The van der Waals surface area contributed by atoms with Crippen molar-refractivity contribution in [3.63, 3.8) is 0 Å². The lowest BCUT2D eigenvalue weighted by molar-refractivity contribution is -0.133. The van der Waals surface area contributed by atoms with Crippen molar-refractivity contribution in [3.05, 3.63) is 64.7 Å². The average molecular weight is 393 g/mol. The summed E-state index contributed by atoms with van der Waals surface area (Å²) in [4.78, 5) is 39.0. The molecule has 1 aliphatic heterocycles. The van der Waals surface area contributed by atoms with Crippen LogP contribution in [0.25, 0.3) is 0 Å². The summed E-state index contributed by atoms with van der Waals surface area (Å²) in [5.74, 6) is -0.478. The van der Waals surface area contributed by atoms with Gasteiger partial charge in [0, 0.05) is 5.69 Å². The fourth-order valence-corrected chi connectivity index (χ4v) is 3.44. The summed E-state index contributed by atoms with van der Waals surface area (Å²) < 4.78 is 0. The molecular formula is C23H27N3O3. The number of nitrogens with zero attached hydrogens (tertiary/aromatic N) is 1. The van der Waals surface area contributed by atoms with Crippen molar-refractivity contribution in [2.75, 3.05) is 11.9 Å². The number of hydrogen-bond donors (Lipinski definition) is 2. The lowest BCUT2D eigenvalue weighted by atomic mass is 9.90. The van der Waals surface area contributed by atoms with E-state index < -0.39 is 23.4 Å². The number of amides is 4. The van der Waals surface area contributed by atoms with E-state index in [2.05, 4.69) is 24.5 Å². The van der Waals surface area contributed by atoms with Crippen LogP contribution in [0.2, 0.25) is 0 Å². The second kappa shape index (κ2) is 7.70. The zero-order valence-electron chi connectivity index (χ0n) is 17.5. The maximum Gasteiger partial charge on any atom is 0.325 e. The van der Waals surface area contributed by atoms with E-state index in [1.807, 2.05) is 56.3 Å². The van der Waals surface area contributed by atoms with Gasteiger partial charge in [-0.3, -0.25) is 14.5 Å². The molecule has 4 amide bonds. The highest BCUT2D eigenvalue weighted by molar-refractivity contribution is 6.10. The number of anilines is 1. The summed E-state index contributed by atoms with van der Waals surface area (Å²) >= 11 is 0. The molecule has 2 aromatic rings. The third kappa shape index (κ3) is 4.01. The Morgan fingerprint density at radius 3 is 2.38 bits per heavy atom. The standard InChI is InChI=1S/C23H27N3O3/c1-14(2)17-8-10-18(11-9-17)23(5)21(28)26(22(29)25-23)13-20(27)24-19-12-15(3)6-7-16(19)4/h6-12,14H,13H2,1-5H3,(H,24,27)(H,25,29)/t23-/m1/s1. The predicted molar refractivity (Wildman–Crippen MR) is 113 cm³/mol. The number of benzene rings is 2. The van der Waals surface area contributed by atoms with Gasteiger partial charge in [-0.2, -0.15) is 0 Å². The Morgan fingerprint density at radius 1 is 1.10 bits per heavy atom. The predicted octanol–water partition coefficient (Wildman–Crippen LogP) is 3.83. The van der Waals surface area contributed by atoms with E-state index in [1.54, 1.807) is 6.92 Å². The molecule has 2 aromatic carbocycles. The van der Waals surface area contributed by atoms with Gasteiger partial charge in [-0.25, -0.2) is 4.79 Å². The van der Waals surface area contributed by atoms with Gasteiger partial charge in [0.2, 0.25) is 5.91 Å². The van der Waals surface area contributed by atoms with Crippen molar-refractivity contribution >= 4 is 23.5 Å². The minimum atomic E-state index is -1.19. The SMILES string of the molecule is Cc1ccc(C)c(NC(=O)CN2C(=O)N[C@](C)(c3ccc(C(C)C)cc3)C2=O)c1. The summed E-state index contributed by atoms with van der Waals surface area (Å²) in [6.07, 6.45) is 0. The molecule has 1 fully saturated rings. The van der Waals surface area contributed by atoms with Crippen LogP contribution in [0.5, 0.6) is 0 Å². The van der Waals surface area contributed by atoms with Crippen molar-refractivity contribution in [2.45, 2.75) is 46.1 Å². The van der Waals surface area contributed by atoms with Crippen LogP contribution in [0.1, 0.15) is 48.9 Å². The number of carbonyl (C=O) groups excluding carboxylic acids is 3. The third-order valence-corrected chi connectivity index (χ3v) is 5.40. The van der Waals surface area contributed by atoms with E-state index in [1.165, 1.54) is 0 Å². The van der Waals surface area contributed by atoms with Gasteiger partial charge in [0.05, 0.1) is 0 Å². The Kier molecular flexibility index (Phi) is 5.46. The molecule has 1 atom stereocenters. The molecule has 6 nitrogen and oxygen atoms in total. The molecule has 1 aliphatic rings. The fourth-order valence-electron chi connectivity index (χ4n) is 3.44. The van der Waals surface area contributed by atoms with Crippen molar-refractivity contribution in [1.29, 1.82) is 0 Å². The Labute approximate surface area is 171 Å². The Morgan fingerprint density at radius 2 is 1.76 bits per heavy atom. The maximum absolute atomic E-state index is 13.0. The lowest BCUT2D eigenvalue weighted by Crippen LogP contribution is -2.42. The molecule has 152 valence electrons. The number of rotatable bonds is 5. The number of imide groups is 1. The highest BCUT2D eigenvalue weighted by Gasteiger charge is 2.49. The Bertz CT molecular complexity index is 966. The van der Waals surface area contributed by atoms with Gasteiger partial charge < -0.3 is 10.6 Å². The average Bonchev–Trinajstić information content (AvgIpc) is 2.89. The molecule has 1 saturated heterocycles. The first-order chi connectivity index (χ1) is 13.6. The molecule has 0 spiro atoms. The van der Waals surface area contributed by atoms with Crippen LogP contribution in [-0.4, -0.2) is 29.3 Å². The van der Waals surface area contributed by atoms with Crippen molar-refractivity contribution in [3.8, 4) is 0 Å². The number of carbonyl (C=O) groups is 3. The maximum atomic E-state index is 13.0. The molecule has 0 bridgehead atoms. The molecule has 1 heterocycles. The summed E-state index contributed by atoms with van der Waals surface area (Å²) in [7, 11) is 0. The first-order valence-electron chi connectivity index (χ1n) is 9.73. The first kappa shape index (κ1) is 20.6. The van der Waals surface area contributed by atoms with Crippen LogP contribution >= 0.6 is 0 Å². The second-order valence-corrected chi connectivity index (χ2v) is 8.09. The molecule has 0 aromatic heterocycles. The molecule has 0 saturated carbocycles. The minimum absolute atomic E-state index is 0.336. The Hall–Kier alpha value is -3.15. The molecular weight excluding hydrogens is 366 g/mol. The van der Waals surface area contributed by atoms with E-state index in [-0.39, 0.29) is 6.54 Å². The van der Waals surface area contributed by atoms with E-state index in [4.69, 9.17) is 0 Å².